The molecule has 2 aromatic carbocycles. The van der Waals surface area contributed by atoms with E-state index in [1.54, 1.807) is 30.3 Å². The largest absolute Gasteiger partial charge is 0.486 e. The van der Waals surface area contributed by atoms with Crippen LogP contribution in [0, 0.1) is 0 Å². The Hall–Kier alpha value is -2.54. The normalized spacial score (nSPS) is 13.4. The van der Waals surface area contributed by atoms with Crippen molar-refractivity contribution >= 4 is 21.4 Å². The molecule has 0 fully saturated rings. The Balaban J connectivity index is 1.82. The minimum atomic E-state index is -3.33. The fraction of sp³-hybridized carbons (Fsp3) is 0.188. The first-order chi connectivity index (χ1) is 10.9. The molecule has 0 saturated carbocycles. The summed E-state index contributed by atoms with van der Waals surface area (Å²) in [6, 6.07) is 11.0. The third kappa shape index (κ3) is 3.45. The van der Waals surface area contributed by atoms with Gasteiger partial charge in [-0.3, -0.25) is 4.79 Å². The summed E-state index contributed by atoms with van der Waals surface area (Å²) in [4.78, 5) is 12.5. The number of benzene rings is 2. The highest BCUT2D eigenvalue weighted by Crippen LogP contribution is 2.31. The minimum absolute atomic E-state index is 0.150. The molecule has 3 rings (SSSR count). The molecule has 6 nitrogen and oxygen atoms in total. The summed E-state index contributed by atoms with van der Waals surface area (Å²) in [5, 5.41) is 2.68. The van der Waals surface area contributed by atoms with Crippen molar-refractivity contribution in [3.05, 3.63) is 48.0 Å². The Bertz CT molecular complexity index is 861. The second-order valence-corrected chi connectivity index (χ2v) is 7.13. The van der Waals surface area contributed by atoms with Crippen molar-refractivity contribution in [3.63, 3.8) is 0 Å². The molecule has 2 aromatic rings. The molecule has 1 N–H and O–H groups in total. The zero-order valence-electron chi connectivity index (χ0n) is 12.4. The van der Waals surface area contributed by atoms with Crippen molar-refractivity contribution < 1.29 is 22.7 Å². The third-order valence-corrected chi connectivity index (χ3v) is 4.43. The molecule has 23 heavy (non-hydrogen) atoms. The predicted octanol–water partition coefficient (Wildman–Crippen LogP) is 2.11. The van der Waals surface area contributed by atoms with E-state index in [-0.39, 0.29) is 10.8 Å². The Kier molecular flexibility index (Phi) is 3.96. The number of ether oxygens (including phenoxy) is 2. The Morgan fingerprint density at radius 3 is 2.52 bits per heavy atom. The topological polar surface area (TPSA) is 81.7 Å². The fourth-order valence-corrected chi connectivity index (χ4v) is 2.86. The highest BCUT2D eigenvalue weighted by Gasteiger charge is 2.15. The molecule has 0 unspecified atom stereocenters. The van der Waals surface area contributed by atoms with Crippen molar-refractivity contribution in [2.75, 3.05) is 24.8 Å². The summed E-state index contributed by atoms with van der Waals surface area (Å²) >= 11 is 0. The van der Waals surface area contributed by atoms with Gasteiger partial charge in [0.2, 0.25) is 0 Å². The van der Waals surface area contributed by atoms with Crippen LogP contribution in [0.2, 0.25) is 0 Å². The van der Waals surface area contributed by atoms with Gasteiger partial charge in [0.05, 0.1) is 4.90 Å². The molecular weight excluding hydrogens is 318 g/mol. The second kappa shape index (κ2) is 5.92. The molecule has 0 aliphatic carbocycles. The first kappa shape index (κ1) is 15.4. The lowest BCUT2D eigenvalue weighted by Crippen LogP contribution is -2.17. The molecule has 0 atom stereocenters. The van der Waals surface area contributed by atoms with Gasteiger partial charge in [-0.25, -0.2) is 8.42 Å². The first-order valence-corrected chi connectivity index (χ1v) is 8.84. The van der Waals surface area contributed by atoms with Gasteiger partial charge in [0, 0.05) is 17.5 Å². The van der Waals surface area contributed by atoms with Crippen LogP contribution in [0.25, 0.3) is 0 Å². The number of carbonyl (C=O) groups is 1. The van der Waals surface area contributed by atoms with Gasteiger partial charge in [0.15, 0.2) is 21.3 Å². The van der Waals surface area contributed by atoms with E-state index in [0.29, 0.717) is 36.0 Å². The van der Waals surface area contributed by atoms with E-state index in [9.17, 15) is 13.2 Å². The Morgan fingerprint density at radius 1 is 1.04 bits per heavy atom. The van der Waals surface area contributed by atoms with Gasteiger partial charge in [-0.05, 0) is 36.4 Å². The summed E-state index contributed by atoms with van der Waals surface area (Å²) in [6.07, 6.45) is 1.12. The number of nitrogens with one attached hydrogen (secondary N) is 1. The van der Waals surface area contributed by atoms with Gasteiger partial charge < -0.3 is 14.8 Å². The van der Waals surface area contributed by atoms with Crippen LogP contribution in [0.3, 0.4) is 0 Å². The average molecular weight is 333 g/mol. The number of sulfone groups is 1. The summed E-state index contributed by atoms with van der Waals surface area (Å²) in [7, 11) is -3.33. The zero-order chi connectivity index (χ0) is 16.4. The summed E-state index contributed by atoms with van der Waals surface area (Å²) in [5.41, 5.74) is 0.812. The lowest BCUT2D eigenvalue weighted by atomic mass is 10.1. The molecule has 0 aromatic heterocycles. The van der Waals surface area contributed by atoms with E-state index in [0.717, 1.165) is 6.26 Å². The van der Waals surface area contributed by atoms with E-state index in [1.165, 1.54) is 12.1 Å². The highest BCUT2D eigenvalue weighted by atomic mass is 32.2. The molecule has 0 spiro atoms. The number of hydrogen-bond donors (Lipinski definition) is 1. The summed E-state index contributed by atoms with van der Waals surface area (Å²) in [6.45, 7) is 0.922. The molecule has 1 amide bonds. The number of carbonyl (C=O) groups excluding carboxylic acids is 1. The molecule has 1 aliphatic heterocycles. The summed E-state index contributed by atoms with van der Waals surface area (Å²) in [5.74, 6) is 0.772. The maximum atomic E-state index is 12.3. The molecule has 0 saturated heterocycles. The van der Waals surface area contributed by atoms with Gasteiger partial charge >= 0.3 is 0 Å². The quantitative estimate of drug-likeness (QED) is 0.930. The van der Waals surface area contributed by atoms with Crippen LogP contribution in [-0.2, 0) is 9.84 Å². The lowest BCUT2D eigenvalue weighted by Gasteiger charge is -2.18. The smallest absolute Gasteiger partial charge is 0.255 e. The lowest BCUT2D eigenvalue weighted by molar-refractivity contribution is 0.102. The highest BCUT2D eigenvalue weighted by molar-refractivity contribution is 7.90. The van der Waals surface area contributed by atoms with Crippen LogP contribution in [0.15, 0.2) is 47.4 Å². The van der Waals surface area contributed by atoms with Crippen molar-refractivity contribution in [2.45, 2.75) is 4.90 Å². The van der Waals surface area contributed by atoms with Crippen molar-refractivity contribution in [3.8, 4) is 11.5 Å². The molecular formula is C16H15NO5S. The van der Waals surface area contributed by atoms with Crippen LogP contribution in [0.1, 0.15) is 10.4 Å². The maximum Gasteiger partial charge on any atom is 0.255 e. The van der Waals surface area contributed by atoms with Crippen molar-refractivity contribution in [1.29, 1.82) is 0 Å². The average Bonchev–Trinajstić information content (AvgIpc) is 2.54. The number of anilines is 1. The molecule has 7 heteroatoms. The molecule has 0 bridgehead atoms. The Morgan fingerprint density at radius 2 is 1.78 bits per heavy atom. The number of hydrogen-bond acceptors (Lipinski definition) is 5. The van der Waals surface area contributed by atoms with Gasteiger partial charge in [0.25, 0.3) is 5.91 Å². The van der Waals surface area contributed by atoms with E-state index in [1.807, 2.05) is 0 Å². The van der Waals surface area contributed by atoms with Gasteiger partial charge in [0.1, 0.15) is 13.2 Å². The SMILES string of the molecule is CS(=O)(=O)c1cccc(NC(=O)c2ccc3c(c2)OCCO3)c1. The maximum absolute atomic E-state index is 12.3. The molecule has 1 heterocycles. The molecule has 120 valence electrons. The first-order valence-electron chi connectivity index (χ1n) is 6.94. The van der Waals surface area contributed by atoms with E-state index < -0.39 is 9.84 Å². The number of amides is 1. The van der Waals surface area contributed by atoms with Crippen molar-refractivity contribution in [1.82, 2.24) is 0 Å². The standard InChI is InChI=1S/C16H15NO5S/c1-23(19,20)13-4-2-3-12(10-13)17-16(18)11-5-6-14-15(9-11)22-8-7-21-14/h2-6,9-10H,7-8H2,1H3,(H,17,18). The monoisotopic (exact) mass is 333 g/mol. The minimum Gasteiger partial charge on any atom is -0.486 e. The van der Waals surface area contributed by atoms with Gasteiger partial charge in [-0.2, -0.15) is 0 Å². The van der Waals surface area contributed by atoms with E-state index in [4.69, 9.17) is 9.47 Å². The summed E-state index contributed by atoms with van der Waals surface area (Å²) < 4.78 is 34.0. The van der Waals surface area contributed by atoms with Crippen LogP contribution in [0.4, 0.5) is 5.69 Å². The van der Waals surface area contributed by atoms with Crippen LogP contribution in [-0.4, -0.2) is 33.8 Å². The van der Waals surface area contributed by atoms with Crippen LogP contribution in [0.5, 0.6) is 11.5 Å². The van der Waals surface area contributed by atoms with Crippen LogP contribution < -0.4 is 14.8 Å². The number of rotatable bonds is 3. The van der Waals surface area contributed by atoms with Crippen LogP contribution >= 0.6 is 0 Å². The molecule has 1 aliphatic rings. The molecule has 0 radical (unpaired) electrons. The second-order valence-electron chi connectivity index (χ2n) is 5.11. The fourth-order valence-electron chi connectivity index (χ4n) is 2.19. The predicted molar refractivity (Wildman–Crippen MR) is 84.9 cm³/mol. The third-order valence-electron chi connectivity index (χ3n) is 3.32. The van der Waals surface area contributed by atoms with E-state index in [2.05, 4.69) is 5.32 Å². The van der Waals surface area contributed by atoms with Crippen molar-refractivity contribution in [2.24, 2.45) is 0 Å². The Labute approximate surface area is 134 Å². The number of fused-ring (bicyclic) bond motifs is 1. The zero-order valence-corrected chi connectivity index (χ0v) is 13.2. The van der Waals surface area contributed by atoms with Gasteiger partial charge in [-0.1, -0.05) is 6.07 Å². The van der Waals surface area contributed by atoms with E-state index >= 15 is 0 Å². The van der Waals surface area contributed by atoms with Gasteiger partial charge in [-0.15, -0.1) is 0 Å².